The monoisotopic (exact) mass is 253 g/mol. The summed E-state index contributed by atoms with van der Waals surface area (Å²) in [6.45, 7) is 4.99. The zero-order chi connectivity index (χ0) is 12.4. The van der Waals surface area contributed by atoms with Crippen LogP contribution in [0.25, 0.3) is 0 Å². The molecular formula is C15H27NO2. The lowest BCUT2D eigenvalue weighted by atomic mass is 9.85. The van der Waals surface area contributed by atoms with Gasteiger partial charge in [0, 0.05) is 31.7 Å². The van der Waals surface area contributed by atoms with E-state index < -0.39 is 0 Å². The predicted octanol–water partition coefficient (Wildman–Crippen LogP) is 2.49. The molecule has 3 fully saturated rings. The van der Waals surface area contributed by atoms with Crippen molar-refractivity contribution in [1.29, 1.82) is 0 Å². The molecule has 0 aromatic rings. The van der Waals surface area contributed by atoms with Crippen molar-refractivity contribution in [3.05, 3.63) is 0 Å². The lowest BCUT2D eigenvalue weighted by Crippen LogP contribution is -2.50. The molecule has 2 atom stereocenters. The van der Waals surface area contributed by atoms with Crippen molar-refractivity contribution in [3.8, 4) is 0 Å². The first-order valence-electron chi connectivity index (χ1n) is 7.74. The molecule has 3 nitrogen and oxygen atoms in total. The van der Waals surface area contributed by atoms with Gasteiger partial charge in [0.1, 0.15) is 0 Å². The third-order valence-corrected chi connectivity index (χ3v) is 5.05. The quantitative estimate of drug-likeness (QED) is 0.820. The van der Waals surface area contributed by atoms with Gasteiger partial charge in [0.25, 0.3) is 0 Å². The van der Waals surface area contributed by atoms with E-state index in [4.69, 9.17) is 9.47 Å². The Balaban J connectivity index is 1.50. The summed E-state index contributed by atoms with van der Waals surface area (Å²) in [6, 6.07) is 1.41. The highest BCUT2D eigenvalue weighted by Crippen LogP contribution is 2.33. The van der Waals surface area contributed by atoms with E-state index in [0.29, 0.717) is 6.04 Å². The summed E-state index contributed by atoms with van der Waals surface area (Å²) < 4.78 is 11.5. The maximum absolute atomic E-state index is 6.00. The summed E-state index contributed by atoms with van der Waals surface area (Å²) in [5.74, 6) is 0.937. The van der Waals surface area contributed by atoms with Gasteiger partial charge in [-0.25, -0.2) is 0 Å². The zero-order valence-corrected chi connectivity index (χ0v) is 11.6. The highest BCUT2D eigenvalue weighted by atomic mass is 16.6. The lowest BCUT2D eigenvalue weighted by molar-refractivity contribution is -0.0907. The van der Waals surface area contributed by atoms with Crippen LogP contribution in [0.3, 0.4) is 0 Å². The van der Waals surface area contributed by atoms with Gasteiger partial charge in [0.15, 0.2) is 0 Å². The van der Waals surface area contributed by atoms with Crippen LogP contribution in [0.15, 0.2) is 0 Å². The Kier molecular flexibility index (Phi) is 3.92. The Morgan fingerprint density at radius 3 is 2.56 bits per heavy atom. The molecule has 104 valence electrons. The molecule has 1 aliphatic carbocycles. The summed E-state index contributed by atoms with van der Waals surface area (Å²) in [4.78, 5) is 0. The summed E-state index contributed by atoms with van der Waals surface area (Å²) in [7, 11) is 0. The molecule has 1 saturated carbocycles. The van der Waals surface area contributed by atoms with E-state index in [1.807, 2.05) is 0 Å². The average molecular weight is 253 g/mol. The molecule has 1 N–H and O–H groups in total. The van der Waals surface area contributed by atoms with Crippen LogP contribution >= 0.6 is 0 Å². The minimum absolute atomic E-state index is 0.0534. The van der Waals surface area contributed by atoms with Gasteiger partial charge in [-0.2, -0.15) is 0 Å². The van der Waals surface area contributed by atoms with E-state index in [9.17, 15) is 0 Å². The fourth-order valence-corrected chi connectivity index (χ4v) is 3.79. The van der Waals surface area contributed by atoms with Crippen molar-refractivity contribution in [1.82, 2.24) is 5.32 Å². The molecule has 0 aromatic carbocycles. The van der Waals surface area contributed by atoms with Crippen molar-refractivity contribution in [3.63, 3.8) is 0 Å². The molecule has 1 spiro atoms. The summed E-state index contributed by atoms with van der Waals surface area (Å²) in [5.41, 5.74) is 0.0534. The van der Waals surface area contributed by atoms with Gasteiger partial charge < -0.3 is 14.8 Å². The second-order valence-corrected chi connectivity index (χ2v) is 6.65. The van der Waals surface area contributed by atoms with E-state index in [1.54, 1.807) is 0 Å². The molecule has 18 heavy (non-hydrogen) atoms. The number of nitrogens with one attached hydrogen (secondary N) is 1. The Morgan fingerprint density at radius 1 is 1.00 bits per heavy atom. The number of hydrogen-bond donors (Lipinski definition) is 1. The Bertz CT molecular complexity index is 268. The molecule has 0 aromatic heterocycles. The maximum Gasteiger partial charge on any atom is 0.0951 e. The van der Waals surface area contributed by atoms with Crippen LogP contribution in [-0.2, 0) is 9.47 Å². The standard InChI is InChI=1S/C15H27NO2/c1-12-2-4-13(5-3-12)16-14-6-8-18-15(10-14)7-9-17-11-15/h12-14,16H,2-11H2,1H3. The largest absolute Gasteiger partial charge is 0.378 e. The summed E-state index contributed by atoms with van der Waals surface area (Å²) in [6.07, 6.45) is 8.94. The van der Waals surface area contributed by atoms with E-state index in [1.165, 1.54) is 32.1 Å². The fourth-order valence-electron chi connectivity index (χ4n) is 3.79. The van der Waals surface area contributed by atoms with Gasteiger partial charge in [-0.3, -0.25) is 0 Å². The molecule has 2 unspecified atom stereocenters. The second-order valence-electron chi connectivity index (χ2n) is 6.65. The van der Waals surface area contributed by atoms with Gasteiger partial charge in [0.2, 0.25) is 0 Å². The molecule has 0 amide bonds. The fraction of sp³-hybridized carbons (Fsp3) is 1.00. The maximum atomic E-state index is 6.00. The zero-order valence-electron chi connectivity index (χ0n) is 11.6. The molecule has 3 heteroatoms. The summed E-state index contributed by atoms with van der Waals surface area (Å²) in [5, 5.41) is 3.89. The normalized spacial score (nSPS) is 45.5. The van der Waals surface area contributed by atoms with Crippen LogP contribution in [0.5, 0.6) is 0 Å². The Labute approximate surface area is 111 Å². The van der Waals surface area contributed by atoms with E-state index >= 15 is 0 Å². The highest BCUT2D eigenvalue weighted by Gasteiger charge is 2.41. The lowest BCUT2D eigenvalue weighted by Gasteiger charge is -2.40. The smallest absolute Gasteiger partial charge is 0.0951 e. The molecule has 2 heterocycles. The first kappa shape index (κ1) is 12.9. The van der Waals surface area contributed by atoms with Crippen molar-refractivity contribution in [2.45, 2.75) is 69.6 Å². The molecule has 2 saturated heterocycles. The van der Waals surface area contributed by atoms with Crippen molar-refractivity contribution < 1.29 is 9.47 Å². The Morgan fingerprint density at radius 2 is 1.83 bits per heavy atom. The third-order valence-electron chi connectivity index (χ3n) is 5.05. The van der Waals surface area contributed by atoms with Crippen molar-refractivity contribution in [2.75, 3.05) is 19.8 Å². The van der Waals surface area contributed by atoms with Crippen LogP contribution in [0.1, 0.15) is 51.9 Å². The minimum Gasteiger partial charge on any atom is -0.378 e. The number of ether oxygens (including phenoxy) is 2. The second kappa shape index (κ2) is 5.48. The van der Waals surface area contributed by atoms with E-state index in [-0.39, 0.29) is 5.60 Å². The van der Waals surface area contributed by atoms with Crippen LogP contribution in [0.4, 0.5) is 0 Å². The molecule has 0 bridgehead atoms. The van der Waals surface area contributed by atoms with E-state index in [2.05, 4.69) is 12.2 Å². The predicted molar refractivity (Wildman–Crippen MR) is 71.7 cm³/mol. The first-order chi connectivity index (χ1) is 8.76. The van der Waals surface area contributed by atoms with Gasteiger partial charge in [-0.1, -0.05) is 6.92 Å². The van der Waals surface area contributed by atoms with E-state index in [0.717, 1.165) is 44.6 Å². The molecule has 3 rings (SSSR count). The molecular weight excluding hydrogens is 226 g/mol. The average Bonchev–Trinajstić information content (AvgIpc) is 2.80. The molecule has 2 aliphatic heterocycles. The van der Waals surface area contributed by atoms with Crippen LogP contribution in [-0.4, -0.2) is 37.5 Å². The van der Waals surface area contributed by atoms with Crippen LogP contribution in [0, 0.1) is 5.92 Å². The van der Waals surface area contributed by atoms with Gasteiger partial charge in [-0.15, -0.1) is 0 Å². The van der Waals surface area contributed by atoms with Crippen LogP contribution < -0.4 is 5.32 Å². The van der Waals surface area contributed by atoms with Gasteiger partial charge in [-0.05, 0) is 44.4 Å². The van der Waals surface area contributed by atoms with Gasteiger partial charge in [0.05, 0.1) is 12.2 Å². The number of rotatable bonds is 2. The van der Waals surface area contributed by atoms with Gasteiger partial charge >= 0.3 is 0 Å². The van der Waals surface area contributed by atoms with Crippen molar-refractivity contribution in [2.24, 2.45) is 5.92 Å². The topological polar surface area (TPSA) is 30.5 Å². The summed E-state index contributed by atoms with van der Waals surface area (Å²) >= 11 is 0. The van der Waals surface area contributed by atoms with Crippen molar-refractivity contribution >= 4 is 0 Å². The Hall–Kier alpha value is -0.120. The highest BCUT2D eigenvalue weighted by molar-refractivity contribution is 4.94. The van der Waals surface area contributed by atoms with Crippen LogP contribution in [0.2, 0.25) is 0 Å². The molecule has 3 aliphatic rings. The minimum atomic E-state index is 0.0534. The SMILES string of the molecule is CC1CCC(NC2CCOC3(CCOC3)C2)CC1. The first-order valence-corrected chi connectivity index (χ1v) is 7.74. The molecule has 0 radical (unpaired) electrons. The third kappa shape index (κ3) is 2.89. The number of hydrogen-bond acceptors (Lipinski definition) is 3.